The largest absolute Gasteiger partial charge is 0.376 e. The number of ether oxygens (including phenoxy) is 2. The van der Waals surface area contributed by atoms with Gasteiger partial charge in [-0.2, -0.15) is 0 Å². The third kappa shape index (κ3) is 4.61. The summed E-state index contributed by atoms with van der Waals surface area (Å²) < 4.78 is 24.7. The average Bonchev–Trinajstić information content (AvgIpc) is 2.49. The lowest BCUT2D eigenvalue weighted by Gasteiger charge is -2.22. The summed E-state index contributed by atoms with van der Waals surface area (Å²) in [4.78, 5) is 0. The number of nitrogens with two attached hydrogens (primary N) is 1. The maximum absolute atomic E-state index is 13.5. The fourth-order valence-corrected chi connectivity index (χ4v) is 2.15. The standard InChI is InChI=1S/C16H20FNO2/c17-16-7-6-13(10-14(16)4-3-8-18)11-19-12-15-5-1-2-9-20-15/h6-7,10,15H,1-2,5,8-9,11-12,18H2. The molecule has 0 aliphatic carbocycles. The van der Waals surface area contributed by atoms with Crippen LogP contribution in [-0.2, 0) is 16.1 Å². The van der Waals surface area contributed by atoms with Crippen LogP contribution in [0, 0.1) is 17.7 Å². The van der Waals surface area contributed by atoms with Gasteiger partial charge in [-0.05, 0) is 37.0 Å². The average molecular weight is 277 g/mol. The van der Waals surface area contributed by atoms with Crippen LogP contribution in [0.1, 0.15) is 30.4 Å². The monoisotopic (exact) mass is 277 g/mol. The highest BCUT2D eigenvalue weighted by Crippen LogP contribution is 2.14. The van der Waals surface area contributed by atoms with Crippen LogP contribution in [-0.4, -0.2) is 25.9 Å². The Morgan fingerprint density at radius 3 is 3.05 bits per heavy atom. The molecule has 1 unspecified atom stereocenters. The summed E-state index contributed by atoms with van der Waals surface area (Å²) >= 11 is 0. The summed E-state index contributed by atoms with van der Waals surface area (Å²) in [5.74, 6) is 5.05. The van der Waals surface area contributed by atoms with Crippen molar-refractivity contribution in [3.8, 4) is 11.8 Å². The first-order valence-electron chi connectivity index (χ1n) is 6.96. The van der Waals surface area contributed by atoms with Crippen molar-refractivity contribution < 1.29 is 13.9 Å². The minimum atomic E-state index is -0.328. The number of halogens is 1. The Labute approximate surface area is 119 Å². The molecule has 4 heteroatoms. The Bertz CT molecular complexity index is 487. The third-order valence-electron chi connectivity index (χ3n) is 3.20. The van der Waals surface area contributed by atoms with Crippen LogP contribution in [0.25, 0.3) is 0 Å². The second-order valence-electron chi connectivity index (χ2n) is 4.82. The van der Waals surface area contributed by atoms with Crippen molar-refractivity contribution in [2.45, 2.75) is 32.0 Å². The van der Waals surface area contributed by atoms with E-state index in [4.69, 9.17) is 15.2 Å². The van der Waals surface area contributed by atoms with Crippen molar-refractivity contribution in [1.29, 1.82) is 0 Å². The molecule has 2 rings (SSSR count). The fraction of sp³-hybridized carbons (Fsp3) is 0.500. The molecule has 1 heterocycles. The third-order valence-corrected chi connectivity index (χ3v) is 3.20. The van der Waals surface area contributed by atoms with Gasteiger partial charge in [0, 0.05) is 6.61 Å². The van der Waals surface area contributed by atoms with Gasteiger partial charge < -0.3 is 15.2 Å². The second kappa shape index (κ2) is 8.01. The summed E-state index contributed by atoms with van der Waals surface area (Å²) in [5.41, 5.74) is 6.56. The molecule has 2 N–H and O–H groups in total. The van der Waals surface area contributed by atoms with E-state index < -0.39 is 0 Å². The zero-order valence-corrected chi connectivity index (χ0v) is 11.5. The molecular weight excluding hydrogens is 257 g/mol. The summed E-state index contributed by atoms with van der Waals surface area (Å²) in [7, 11) is 0. The van der Waals surface area contributed by atoms with E-state index in [-0.39, 0.29) is 18.5 Å². The van der Waals surface area contributed by atoms with E-state index in [9.17, 15) is 4.39 Å². The maximum atomic E-state index is 13.5. The van der Waals surface area contributed by atoms with E-state index in [1.807, 2.05) is 0 Å². The lowest BCUT2D eigenvalue weighted by Crippen LogP contribution is -2.24. The van der Waals surface area contributed by atoms with Crippen LogP contribution in [0.15, 0.2) is 18.2 Å². The first-order chi connectivity index (χ1) is 9.79. The zero-order chi connectivity index (χ0) is 14.2. The van der Waals surface area contributed by atoms with E-state index in [0.29, 0.717) is 18.8 Å². The molecule has 1 atom stereocenters. The van der Waals surface area contributed by atoms with Gasteiger partial charge in [-0.1, -0.05) is 17.9 Å². The molecule has 0 saturated carbocycles. The van der Waals surface area contributed by atoms with Gasteiger partial charge in [0.15, 0.2) is 0 Å². The van der Waals surface area contributed by atoms with E-state index in [0.717, 1.165) is 25.0 Å². The van der Waals surface area contributed by atoms with Gasteiger partial charge in [0.2, 0.25) is 0 Å². The normalized spacial score (nSPS) is 18.4. The molecule has 1 aliphatic rings. The zero-order valence-electron chi connectivity index (χ0n) is 11.5. The summed E-state index contributed by atoms with van der Waals surface area (Å²) in [6, 6.07) is 4.83. The molecule has 1 aromatic carbocycles. The number of rotatable bonds is 4. The summed E-state index contributed by atoms with van der Waals surface area (Å²) in [6.07, 6.45) is 3.58. The topological polar surface area (TPSA) is 44.5 Å². The summed E-state index contributed by atoms with van der Waals surface area (Å²) in [6.45, 7) is 2.07. The highest BCUT2D eigenvalue weighted by molar-refractivity contribution is 5.38. The Balaban J connectivity index is 1.86. The van der Waals surface area contributed by atoms with Crippen LogP contribution < -0.4 is 5.73 Å². The van der Waals surface area contributed by atoms with Gasteiger partial charge in [-0.3, -0.25) is 0 Å². The molecule has 1 saturated heterocycles. The van der Waals surface area contributed by atoms with Crippen LogP contribution >= 0.6 is 0 Å². The van der Waals surface area contributed by atoms with Gasteiger partial charge in [-0.25, -0.2) is 4.39 Å². The lowest BCUT2D eigenvalue weighted by atomic mass is 10.1. The maximum Gasteiger partial charge on any atom is 0.138 e. The molecule has 20 heavy (non-hydrogen) atoms. The molecule has 0 bridgehead atoms. The van der Waals surface area contributed by atoms with Gasteiger partial charge in [0.05, 0.1) is 31.4 Å². The number of hydrogen-bond acceptors (Lipinski definition) is 3. The predicted octanol–water partition coefficient (Wildman–Crippen LogP) is 2.22. The molecular formula is C16H20FNO2. The molecule has 0 radical (unpaired) electrons. The molecule has 0 aromatic heterocycles. The molecule has 1 aromatic rings. The molecule has 1 aliphatic heterocycles. The van der Waals surface area contributed by atoms with E-state index in [1.54, 1.807) is 12.1 Å². The molecule has 3 nitrogen and oxygen atoms in total. The Kier molecular flexibility index (Phi) is 6.00. The van der Waals surface area contributed by atoms with Crippen LogP contribution in [0.4, 0.5) is 4.39 Å². The first-order valence-corrected chi connectivity index (χ1v) is 6.96. The van der Waals surface area contributed by atoms with Crippen molar-refractivity contribution in [1.82, 2.24) is 0 Å². The Morgan fingerprint density at radius 1 is 1.40 bits per heavy atom. The second-order valence-corrected chi connectivity index (χ2v) is 4.82. The minimum Gasteiger partial charge on any atom is -0.376 e. The highest BCUT2D eigenvalue weighted by atomic mass is 19.1. The van der Waals surface area contributed by atoms with Gasteiger partial charge in [0.25, 0.3) is 0 Å². The Morgan fingerprint density at radius 2 is 2.30 bits per heavy atom. The minimum absolute atomic E-state index is 0.195. The van der Waals surface area contributed by atoms with Gasteiger partial charge in [0.1, 0.15) is 5.82 Å². The quantitative estimate of drug-likeness (QED) is 0.858. The molecule has 0 spiro atoms. The number of benzene rings is 1. The van der Waals surface area contributed by atoms with Crippen molar-refractivity contribution in [2.24, 2.45) is 5.73 Å². The van der Waals surface area contributed by atoms with Crippen LogP contribution in [0.2, 0.25) is 0 Å². The fourth-order valence-electron chi connectivity index (χ4n) is 2.15. The van der Waals surface area contributed by atoms with Crippen LogP contribution in [0.5, 0.6) is 0 Å². The van der Waals surface area contributed by atoms with Crippen LogP contribution in [0.3, 0.4) is 0 Å². The van der Waals surface area contributed by atoms with Crippen molar-refractivity contribution >= 4 is 0 Å². The smallest absolute Gasteiger partial charge is 0.138 e. The van der Waals surface area contributed by atoms with E-state index in [1.165, 1.54) is 12.5 Å². The number of hydrogen-bond donors (Lipinski definition) is 1. The SMILES string of the molecule is NCC#Cc1cc(COCC2CCCCO2)ccc1F. The molecule has 108 valence electrons. The Hall–Kier alpha value is -1.41. The van der Waals surface area contributed by atoms with Crippen molar-refractivity contribution in [3.63, 3.8) is 0 Å². The lowest BCUT2D eigenvalue weighted by molar-refractivity contribution is -0.0447. The summed E-state index contributed by atoms with van der Waals surface area (Å²) in [5, 5.41) is 0. The van der Waals surface area contributed by atoms with E-state index in [2.05, 4.69) is 11.8 Å². The van der Waals surface area contributed by atoms with Gasteiger partial charge in [-0.15, -0.1) is 0 Å². The highest BCUT2D eigenvalue weighted by Gasteiger charge is 2.13. The van der Waals surface area contributed by atoms with Crippen molar-refractivity contribution in [3.05, 3.63) is 35.1 Å². The van der Waals surface area contributed by atoms with Gasteiger partial charge >= 0.3 is 0 Å². The molecule has 0 amide bonds. The predicted molar refractivity (Wildman–Crippen MR) is 75.6 cm³/mol. The van der Waals surface area contributed by atoms with E-state index >= 15 is 0 Å². The molecule has 1 fully saturated rings. The first kappa shape index (κ1) is 15.0. The van der Waals surface area contributed by atoms with Crippen molar-refractivity contribution in [2.75, 3.05) is 19.8 Å².